The number of carboxylic acid groups (broad SMARTS) is 1. The first kappa shape index (κ1) is 14.1. The van der Waals surface area contributed by atoms with Crippen LogP contribution in [0.15, 0.2) is 12.1 Å². The summed E-state index contributed by atoms with van der Waals surface area (Å²) < 4.78 is 37.0. The molecule has 1 heterocycles. The van der Waals surface area contributed by atoms with E-state index in [0.29, 0.717) is 0 Å². The number of halogens is 3. The average molecular weight is 263 g/mol. The number of nitrogens with two attached hydrogens (primary N) is 1. The largest absolute Gasteiger partial charge is 0.477 e. The van der Waals surface area contributed by atoms with E-state index in [1.54, 1.807) is 0 Å². The smallest absolute Gasteiger partial charge is 0.405 e. The normalized spacial score (nSPS) is 11.3. The van der Waals surface area contributed by atoms with Gasteiger partial charge in [0, 0.05) is 6.54 Å². The summed E-state index contributed by atoms with van der Waals surface area (Å²) in [6.45, 7) is 0.282. The van der Waals surface area contributed by atoms with E-state index in [1.807, 2.05) is 0 Å². The molecular weight excluding hydrogens is 251 g/mol. The molecule has 0 fully saturated rings. The molecule has 0 aliphatic heterocycles. The number of pyridine rings is 1. The topological polar surface area (TPSA) is 79.5 Å². The number of hydrogen-bond donors (Lipinski definition) is 2. The predicted octanol–water partition coefficient (Wildman–Crippen LogP) is 1.75. The Morgan fingerprint density at radius 3 is 2.56 bits per heavy atom. The molecule has 0 amide bonds. The van der Waals surface area contributed by atoms with Crippen LogP contribution in [0.25, 0.3) is 0 Å². The Balaban J connectivity index is 3.12. The molecule has 18 heavy (non-hydrogen) atoms. The first-order chi connectivity index (χ1) is 8.24. The second-order valence-electron chi connectivity index (χ2n) is 3.54. The molecule has 3 N–H and O–H groups in total. The van der Waals surface area contributed by atoms with Gasteiger partial charge in [-0.2, -0.15) is 13.2 Å². The molecule has 0 unspecified atom stereocenters. The van der Waals surface area contributed by atoms with Crippen molar-refractivity contribution in [2.75, 3.05) is 23.7 Å². The van der Waals surface area contributed by atoms with Crippen molar-refractivity contribution in [1.29, 1.82) is 0 Å². The van der Waals surface area contributed by atoms with Crippen LogP contribution in [0.2, 0.25) is 0 Å². The van der Waals surface area contributed by atoms with E-state index in [0.717, 1.165) is 11.0 Å². The van der Waals surface area contributed by atoms with E-state index in [4.69, 9.17) is 10.8 Å². The summed E-state index contributed by atoms with van der Waals surface area (Å²) in [5.41, 5.74) is 5.18. The van der Waals surface area contributed by atoms with Crippen LogP contribution in [0, 0.1) is 0 Å². The number of aromatic carboxylic acids is 1. The molecule has 1 aromatic rings. The summed E-state index contributed by atoms with van der Waals surface area (Å²) in [4.78, 5) is 15.2. The molecule has 0 spiro atoms. The van der Waals surface area contributed by atoms with Gasteiger partial charge < -0.3 is 15.7 Å². The maximum absolute atomic E-state index is 12.3. The third-order valence-electron chi connectivity index (χ3n) is 2.18. The van der Waals surface area contributed by atoms with Crippen molar-refractivity contribution in [2.45, 2.75) is 13.1 Å². The number of nitrogen functional groups attached to an aromatic ring is 1. The summed E-state index contributed by atoms with van der Waals surface area (Å²) >= 11 is 0. The van der Waals surface area contributed by atoms with Crippen molar-refractivity contribution in [3.05, 3.63) is 17.8 Å². The Kier molecular flexibility index (Phi) is 4.00. The second kappa shape index (κ2) is 5.11. The fourth-order valence-electron chi connectivity index (χ4n) is 1.38. The lowest BCUT2D eigenvalue weighted by atomic mass is 10.3. The van der Waals surface area contributed by atoms with Crippen LogP contribution in [0.5, 0.6) is 0 Å². The van der Waals surface area contributed by atoms with E-state index in [1.165, 1.54) is 13.0 Å². The van der Waals surface area contributed by atoms with Crippen molar-refractivity contribution in [3.63, 3.8) is 0 Å². The van der Waals surface area contributed by atoms with Gasteiger partial charge in [0.15, 0.2) is 11.5 Å². The Morgan fingerprint density at radius 1 is 1.50 bits per heavy atom. The van der Waals surface area contributed by atoms with Crippen LogP contribution in [-0.2, 0) is 0 Å². The Labute approximate surface area is 101 Å². The maximum Gasteiger partial charge on any atom is 0.405 e. The highest BCUT2D eigenvalue weighted by Gasteiger charge is 2.31. The quantitative estimate of drug-likeness (QED) is 0.865. The van der Waals surface area contributed by atoms with Gasteiger partial charge in [-0.05, 0) is 19.1 Å². The maximum atomic E-state index is 12.3. The summed E-state index contributed by atoms with van der Waals surface area (Å²) in [5, 5.41) is 8.74. The summed E-state index contributed by atoms with van der Waals surface area (Å²) in [7, 11) is 0. The number of carboxylic acids is 1. The highest BCUT2D eigenvalue weighted by molar-refractivity contribution is 5.87. The molecule has 1 aromatic heterocycles. The Bertz CT molecular complexity index is 448. The molecule has 0 aliphatic carbocycles. The number of rotatable bonds is 4. The van der Waals surface area contributed by atoms with Gasteiger partial charge in [0.05, 0.1) is 5.69 Å². The van der Waals surface area contributed by atoms with Gasteiger partial charge in [-0.15, -0.1) is 0 Å². The molecule has 8 heteroatoms. The van der Waals surface area contributed by atoms with Crippen LogP contribution in [-0.4, -0.2) is 35.3 Å². The third-order valence-corrected chi connectivity index (χ3v) is 2.18. The van der Waals surface area contributed by atoms with Crippen molar-refractivity contribution in [1.82, 2.24) is 4.98 Å². The van der Waals surface area contributed by atoms with Crippen LogP contribution < -0.4 is 10.6 Å². The first-order valence-corrected chi connectivity index (χ1v) is 5.06. The van der Waals surface area contributed by atoms with Gasteiger partial charge in [-0.3, -0.25) is 0 Å². The molecule has 100 valence electrons. The molecule has 0 aliphatic rings. The standard InChI is InChI=1S/C10H12F3N3O2/c1-2-16(5-10(11,12)13)8-6(14)3-4-7(15-8)9(17)18/h3-4H,2,5,14H2,1H3,(H,17,18). The molecule has 1 rings (SSSR count). The van der Waals surface area contributed by atoms with Gasteiger partial charge in [-0.25, -0.2) is 9.78 Å². The van der Waals surface area contributed by atoms with Crippen LogP contribution in [0.1, 0.15) is 17.4 Å². The second-order valence-corrected chi connectivity index (χ2v) is 3.54. The minimum atomic E-state index is -4.41. The SMILES string of the molecule is CCN(CC(F)(F)F)c1nc(C(=O)O)ccc1N. The molecular formula is C10H12F3N3O2. The zero-order valence-corrected chi connectivity index (χ0v) is 9.53. The van der Waals surface area contributed by atoms with Crippen LogP contribution in [0.3, 0.4) is 0 Å². The van der Waals surface area contributed by atoms with E-state index in [-0.39, 0.29) is 23.7 Å². The third kappa shape index (κ3) is 3.51. The Morgan fingerprint density at radius 2 is 2.11 bits per heavy atom. The zero-order valence-electron chi connectivity index (χ0n) is 9.53. The van der Waals surface area contributed by atoms with Crippen molar-refractivity contribution >= 4 is 17.5 Å². The lowest BCUT2D eigenvalue weighted by Crippen LogP contribution is -2.35. The summed E-state index contributed by atoms with van der Waals surface area (Å²) in [6, 6.07) is 2.37. The summed E-state index contributed by atoms with van der Waals surface area (Å²) in [6.07, 6.45) is -4.41. The van der Waals surface area contributed by atoms with Crippen molar-refractivity contribution in [2.24, 2.45) is 0 Å². The predicted molar refractivity (Wildman–Crippen MR) is 59.6 cm³/mol. The van der Waals surface area contributed by atoms with Crippen molar-refractivity contribution in [3.8, 4) is 0 Å². The van der Waals surface area contributed by atoms with Crippen LogP contribution in [0.4, 0.5) is 24.7 Å². The fraction of sp³-hybridized carbons (Fsp3) is 0.400. The molecule has 0 atom stereocenters. The van der Waals surface area contributed by atoms with Gasteiger partial charge in [0.1, 0.15) is 6.54 Å². The van der Waals surface area contributed by atoms with Gasteiger partial charge in [-0.1, -0.05) is 0 Å². The molecule has 5 nitrogen and oxygen atoms in total. The number of aromatic nitrogens is 1. The molecule has 0 saturated heterocycles. The van der Waals surface area contributed by atoms with E-state index in [9.17, 15) is 18.0 Å². The van der Waals surface area contributed by atoms with Gasteiger partial charge in [0.25, 0.3) is 0 Å². The molecule has 0 bridgehead atoms. The van der Waals surface area contributed by atoms with Crippen LogP contribution >= 0.6 is 0 Å². The van der Waals surface area contributed by atoms with E-state index < -0.39 is 18.7 Å². The number of anilines is 2. The van der Waals surface area contributed by atoms with E-state index >= 15 is 0 Å². The lowest BCUT2D eigenvalue weighted by molar-refractivity contribution is -0.119. The van der Waals surface area contributed by atoms with E-state index in [2.05, 4.69) is 4.98 Å². The summed E-state index contributed by atoms with van der Waals surface area (Å²) in [5.74, 6) is -1.49. The number of hydrogen-bond acceptors (Lipinski definition) is 4. The number of carbonyl (C=O) groups is 1. The minimum absolute atomic E-state index is 0.00565. The minimum Gasteiger partial charge on any atom is -0.477 e. The number of alkyl halides is 3. The zero-order chi connectivity index (χ0) is 13.9. The average Bonchev–Trinajstić information content (AvgIpc) is 2.25. The van der Waals surface area contributed by atoms with Gasteiger partial charge in [0.2, 0.25) is 0 Å². The highest BCUT2D eigenvalue weighted by Crippen LogP contribution is 2.25. The van der Waals surface area contributed by atoms with Gasteiger partial charge >= 0.3 is 12.1 Å². The lowest BCUT2D eigenvalue weighted by Gasteiger charge is -2.24. The monoisotopic (exact) mass is 263 g/mol. The fourth-order valence-corrected chi connectivity index (χ4v) is 1.38. The van der Waals surface area contributed by atoms with Crippen molar-refractivity contribution < 1.29 is 23.1 Å². The highest BCUT2D eigenvalue weighted by atomic mass is 19.4. The Hall–Kier alpha value is -1.99. The number of nitrogens with zero attached hydrogens (tertiary/aromatic N) is 2. The molecule has 0 radical (unpaired) electrons. The molecule has 0 saturated carbocycles. The first-order valence-electron chi connectivity index (χ1n) is 5.06. The molecule has 0 aromatic carbocycles.